The monoisotopic (exact) mass is 621 g/mol. The van der Waals surface area contributed by atoms with E-state index in [1.54, 1.807) is 0 Å². The fourth-order valence-corrected chi connectivity index (χ4v) is 6.05. The van der Waals surface area contributed by atoms with Crippen molar-refractivity contribution < 1.29 is 26.3 Å². The molecule has 3 nitrogen and oxygen atoms in total. The average Bonchev–Trinajstić information content (AvgIpc) is 2.97. The molecule has 0 heterocycles. The summed E-state index contributed by atoms with van der Waals surface area (Å²) in [6.45, 7) is 1.74. The minimum absolute atomic E-state index is 0.0119. The Morgan fingerprint density at radius 1 is 0.721 bits per heavy atom. The smallest absolute Gasteiger partial charge is 0.358 e. The predicted octanol–water partition coefficient (Wildman–Crippen LogP) is 8.89. The van der Waals surface area contributed by atoms with Crippen LogP contribution in [0, 0.1) is 0 Å². The van der Waals surface area contributed by atoms with Crippen LogP contribution >= 0.6 is 12.2 Å². The molecule has 0 radical (unpaired) electrons. The Hall–Kier alpha value is -3.11. The summed E-state index contributed by atoms with van der Waals surface area (Å²) >= 11 is 5.43. The summed E-state index contributed by atoms with van der Waals surface area (Å²) in [6.07, 6.45) is -2.31. The second kappa shape index (κ2) is 15.1. The Morgan fingerprint density at radius 2 is 1.21 bits per heavy atom. The number of nitrogens with one attached hydrogen (secondary N) is 2. The zero-order valence-electron chi connectivity index (χ0n) is 23.9. The van der Waals surface area contributed by atoms with Crippen LogP contribution in [0.1, 0.15) is 60.8 Å². The van der Waals surface area contributed by atoms with Gasteiger partial charge < -0.3 is 10.6 Å². The highest BCUT2D eigenvalue weighted by atomic mass is 32.1. The minimum Gasteiger partial charge on any atom is -0.358 e. The van der Waals surface area contributed by atoms with Crippen molar-refractivity contribution in [3.05, 3.63) is 101 Å². The average molecular weight is 622 g/mol. The highest BCUT2D eigenvalue weighted by Gasteiger charge is 2.37. The molecule has 1 saturated carbocycles. The zero-order chi connectivity index (χ0) is 30.9. The first kappa shape index (κ1) is 32.8. The van der Waals surface area contributed by atoms with E-state index in [4.69, 9.17) is 12.2 Å². The first-order valence-electron chi connectivity index (χ1n) is 14.7. The lowest BCUT2D eigenvalue weighted by Crippen LogP contribution is -2.54. The molecule has 4 rings (SSSR count). The third-order valence-corrected chi connectivity index (χ3v) is 8.09. The van der Waals surface area contributed by atoms with Crippen LogP contribution in [0.5, 0.6) is 0 Å². The number of alkyl halides is 6. The first-order valence-corrected chi connectivity index (χ1v) is 15.1. The SMILES string of the molecule is FC(F)(F)c1cc(NC(=S)N[C@@H]2CCCCC2N(CCCc2ccccc2)CCCc2ccccc2)cc(C(F)(F)F)c1. The van der Waals surface area contributed by atoms with Gasteiger partial charge in [0.25, 0.3) is 0 Å². The zero-order valence-corrected chi connectivity index (χ0v) is 24.7. The van der Waals surface area contributed by atoms with Crippen molar-refractivity contribution in [3.8, 4) is 0 Å². The third kappa shape index (κ3) is 10.2. The highest BCUT2D eigenvalue weighted by Crippen LogP contribution is 2.37. The molecule has 0 saturated heterocycles. The molecule has 0 amide bonds. The van der Waals surface area contributed by atoms with Crippen LogP contribution in [0.2, 0.25) is 0 Å². The van der Waals surface area contributed by atoms with E-state index in [1.807, 2.05) is 36.4 Å². The summed E-state index contributed by atoms with van der Waals surface area (Å²) in [5.41, 5.74) is -0.573. The van der Waals surface area contributed by atoms with E-state index in [9.17, 15) is 26.3 Å². The number of hydrogen-bond donors (Lipinski definition) is 2. The van der Waals surface area contributed by atoms with E-state index in [2.05, 4.69) is 39.8 Å². The fourth-order valence-electron chi connectivity index (χ4n) is 5.78. The standard InChI is InChI=1S/C33H37F6N3S/c34-32(35,36)26-21-27(33(37,38)39)23-28(22-26)40-31(43)41-29-17-7-8-18-30(29)42(19-9-15-24-11-3-1-4-12-24)20-10-16-25-13-5-2-6-14-25/h1-6,11-14,21-23,29-30H,7-10,15-20H2,(H2,40,41,43)/t29-,30?/m1/s1. The number of anilines is 1. The maximum absolute atomic E-state index is 13.4. The van der Waals surface area contributed by atoms with Crippen molar-refractivity contribution in [2.24, 2.45) is 0 Å². The lowest BCUT2D eigenvalue weighted by atomic mass is 9.88. The topological polar surface area (TPSA) is 27.3 Å². The molecular weight excluding hydrogens is 584 g/mol. The minimum atomic E-state index is -4.93. The van der Waals surface area contributed by atoms with Gasteiger partial charge in [-0.2, -0.15) is 26.3 Å². The molecule has 0 aromatic heterocycles. The molecule has 2 N–H and O–H groups in total. The molecule has 43 heavy (non-hydrogen) atoms. The number of halogens is 6. The maximum atomic E-state index is 13.4. The van der Waals surface area contributed by atoms with E-state index in [0.29, 0.717) is 12.1 Å². The number of benzene rings is 3. The van der Waals surface area contributed by atoms with E-state index >= 15 is 0 Å². The Kier molecular flexibility index (Phi) is 11.5. The highest BCUT2D eigenvalue weighted by molar-refractivity contribution is 7.80. The Labute approximate surface area is 254 Å². The van der Waals surface area contributed by atoms with Crippen molar-refractivity contribution in [2.45, 2.75) is 75.8 Å². The molecule has 0 spiro atoms. The third-order valence-electron chi connectivity index (χ3n) is 7.87. The van der Waals surface area contributed by atoms with Gasteiger partial charge in [-0.25, -0.2) is 0 Å². The van der Waals surface area contributed by atoms with Gasteiger partial charge in [-0.05, 0) is 93.2 Å². The van der Waals surface area contributed by atoms with Crippen LogP contribution in [0.3, 0.4) is 0 Å². The Bertz CT molecular complexity index is 1220. The first-order chi connectivity index (χ1) is 20.5. The van der Waals surface area contributed by atoms with Crippen LogP contribution in [0.25, 0.3) is 0 Å². The molecule has 3 aromatic rings. The maximum Gasteiger partial charge on any atom is 0.416 e. The molecule has 232 valence electrons. The van der Waals surface area contributed by atoms with Crippen LogP contribution in [0.15, 0.2) is 78.9 Å². The van der Waals surface area contributed by atoms with Crippen LogP contribution < -0.4 is 10.6 Å². The number of rotatable bonds is 11. The normalized spacial score (nSPS) is 17.6. The van der Waals surface area contributed by atoms with Crippen LogP contribution in [-0.4, -0.2) is 35.2 Å². The molecule has 0 aliphatic heterocycles. The number of thiocarbonyl (C=S) groups is 1. The summed E-state index contributed by atoms with van der Waals surface area (Å²) in [4.78, 5) is 2.48. The van der Waals surface area contributed by atoms with Gasteiger partial charge in [-0.15, -0.1) is 0 Å². The second-order valence-electron chi connectivity index (χ2n) is 11.1. The Balaban J connectivity index is 1.45. The van der Waals surface area contributed by atoms with Crippen LogP contribution in [-0.2, 0) is 25.2 Å². The van der Waals surface area contributed by atoms with Crippen molar-refractivity contribution in [3.63, 3.8) is 0 Å². The molecule has 3 aromatic carbocycles. The van der Waals surface area contributed by atoms with E-state index in [-0.39, 0.29) is 28.9 Å². The van der Waals surface area contributed by atoms with E-state index in [0.717, 1.165) is 64.5 Å². The lowest BCUT2D eigenvalue weighted by Gasteiger charge is -2.41. The van der Waals surface area contributed by atoms with Crippen molar-refractivity contribution in [1.82, 2.24) is 10.2 Å². The molecule has 1 aliphatic rings. The van der Waals surface area contributed by atoms with Gasteiger partial charge >= 0.3 is 12.4 Å². The largest absolute Gasteiger partial charge is 0.416 e. The molecule has 1 aliphatic carbocycles. The van der Waals surface area contributed by atoms with Gasteiger partial charge in [-0.3, -0.25) is 4.90 Å². The van der Waals surface area contributed by atoms with Gasteiger partial charge in [-0.1, -0.05) is 73.5 Å². The summed E-state index contributed by atoms with van der Waals surface area (Å²) in [5, 5.41) is 5.86. The Morgan fingerprint density at radius 3 is 1.70 bits per heavy atom. The molecular formula is C33H37F6N3S. The summed E-state index contributed by atoms with van der Waals surface area (Å²) in [7, 11) is 0. The van der Waals surface area contributed by atoms with Gasteiger partial charge in [0.05, 0.1) is 11.1 Å². The van der Waals surface area contributed by atoms with Crippen LogP contribution in [0.4, 0.5) is 32.0 Å². The molecule has 1 fully saturated rings. The van der Waals surface area contributed by atoms with E-state index in [1.165, 1.54) is 11.1 Å². The number of hydrogen-bond acceptors (Lipinski definition) is 2. The van der Waals surface area contributed by atoms with Crippen molar-refractivity contribution in [1.29, 1.82) is 0 Å². The molecule has 2 atom stereocenters. The molecule has 1 unspecified atom stereocenters. The van der Waals surface area contributed by atoms with E-state index < -0.39 is 23.5 Å². The molecule has 10 heteroatoms. The summed E-state index contributed by atoms with van der Waals surface area (Å²) < 4.78 is 80.1. The van der Waals surface area contributed by atoms with Crippen molar-refractivity contribution >= 4 is 23.0 Å². The summed E-state index contributed by atoms with van der Waals surface area (Å²) in [5.74, 6) is 0. The van der Waals surface area contributed by atoms with Gasteiger partial charge in [0.1, 0.15) is 0 Å². The second-order valence-corrected chi connectivity index (χ2v) is 11.5. The number of nitrogens with zero attached hydrogens (tertiary/aromatic N) is 1. The van der Waals surface area contributed by atoms with Crippen molar-refractivity contribution in [2.75, 3.05) is 18.4 Å². The fraction of sp³-hybridized carbons (Fsp3) is 0.424. The summed E-state index contributed by atoms with van der Waals surface area (Å²) in [6, 6.07) is 22.1. The van der Waals surface area contributed by atoms with Gasteiger partial charge in [0, 0.05) is 17.8 Å². The number of aryl methyl sites for hydroxylation is 2. The van der Waals surface area contributed by atoms with Gasteiger partial charge in [0.2, 0.25) is 0 Å². The lowest BCUT2D eigenvalue weighted by molar-refractivity contribution is -0.143. The molecule has 0 bridgehead atoms. The predicted molar refractivity (Wildman–Crippen MR) is 163 cm³/mol. The quantitative estimate of drug-likeness (QED) is 0.165. The van der Waals surface area contributed by atoms with Gasteiger partial charge in [0.15, 0.2) is 5.11 Å².